The minimum atomic E-state index is -0.293. The van der Waals surface area contributed by atoms with Gasteiger partial charge in [-0.15, -0.1) is 11.3 Å². The maximum Gasteiger partial charge on any atom is 0.261 e. The maximum atomic E-state index is 13.3. The van der Waals surface area contributed by atoms with Crippen LogP contribution in [0.1, 0.15) is 15.2 Å². The van der Waals surface area contributed by atoms with Gasteiger partial charge in [-0.3, -0.25) is 9.48 Å². The SMILES string of the molecule is Cn1nccc1-c1csc(C(=O)N[C@H](CN)Cc2cccc(F)c2)c1. The van der Waals surface area contributed by atoms with E-state index in [9.17, 15) is 9.18 Å². The Hall–Kier alpha value is -2.51. The predicted molar refractivity (Wildman–Crippen MR) is 96.9 cm³/mol. The van der Waals surface area contributed by atoms with Crippen LogP contribution in [0.3, 0.4) is 0 Å². The third kappa shape index (κ3) is 4.12. The summed E-state index contributed by atoms with van der Waals surface area (Å²) in [5.41, 5.74) is 8.47. The Balaban J connectivity index is 1.68. The zero-order valence-corrected chi connectivity index (χ0v) is 14.6. The van der Waals surface area contributed by atoms with E-state index in [1.807, 2.05) is 30.6 Å². The van der Waals surface area contributed by atoms with E-state index in [2.05, 4.69) is 10.4 Å². The number of nitrogens with zero attached hydrogens (tertiary/aromatic N) is 2. The van der Waals surface area contributed by atoms with E-state index < -0.39 is 0 Å². The molecule has 0 unspecified atom stereocenters. The molecule has 0 aliphatic carbocycles. The molecule has 1 atom stereocenters. The van der Waals surface area contributed by atoms with Crippen molar-refractivity contribution < 1.29 is 9.18 Å². The van der Waals surface area contributed by atoms with Crippen LogP contribution in [-0.4, -0.2) is 28.3 Å². The van der Waals surface area contributed by atoms with Crippen molar-refractivity contribution in [3.8, 4) is 11.3 Å². The largest absolute Gasteiger partial charge is 0.347 e. The van der Waals surface area contributed by atoms with Gasteiger partial charge in [0.15, 0.2) is 0 Å². The number of carbonyl (C=O) groups excluding carboxylic acids is 1. The van der Waals surface area contributed by atoms with Crippen molar-refractivity contribution >= 4 is 17.2 Å². The highest BCUT2D eigenvalue weighted by molar-refractivity contribution is 7.12. The molecule has 25 heavy (non-hydrogen) atoms. The molecule has 3 rings (SSSR count). The van der Waals surface area contributed by atoms with E-state index in [0.29, 0.717) is 11.3 Å². The molecule has 7 heteroatoms. The molecule has 1 aromatic carbocycles. The van der Waals surface area contributed by atoms with E-state index in [1.54, 1.807) is 16.9 Å². The van der Waals surface area contributed by atoms with Gasteiger partial charge in [0.1, 0.15) is 5.82 Å². The van der Waals surface area contributed by atoms with Crippen LogP contribution in [0.2, 0.25) is 0 Å². The summed E-state index contributed by atoms with van der Waals surface area (Å²) in [5.74, 6) is -0.469. The maximum absolute atomic E-state index is 13.3. The number of aryl methyl sites for hydroxylation is 1. The van der Waals surface area contributed by atoms with Crippen LogP contribution in [0.4, 0.5) is 4.39 Å². The number of aromatic nitrogens is 2. The molecule has 0 radical (unpaired) electrons. The van der Waals surface area contributed by atoms with Gasteiger partial charge in [0.05, 0.1) is 10.6 Å². The van der Waals surface area contributed by atoms with E-state index >= 15 is 0 Å². The summed E-state index contributed by atoms with van der Waals surface area (Å²) in [6, 6.07) is 9.81. The van der Waals surface area contributed by atoms with Crippen LogP contribution < -0.4 is 11.1 Å². The van der Waals surface area contributed by atoms with Crippen LogP contribution in [0.25, 0.3) is 11.3 Å². The Morgan fingerprint density at radius 2 is 2.24 bits per heavy atom. The molecule has 5 nitrogen and oxygen atoms in total. The molecule has 2 aromatic heterocycles. The van der Waals surface area contributed by atoms with Gasteiger partial charge in [0, 0.05) is 36.8 Å². The molecule has 0 bridgehead atoms. The molecule has 0 aliphatic heterocycles. The average molecular weight is 358 g/mol. The zero-order chi connectivity index (χ0) is 17.8. The number of thiophene rings is 1. The van der Waals surface area contributed by atoms with E-state index in [-0.39, 0.29) is 24.3 Å². The third-order valence-electron chi connectivity index (χ3n) is 3.93. The molecule has 0 fully saturated rings. The second kappa shape index (κ2) is 7.58. The number of hydrogen-bond donors (Lipinski definition) is 2. The fraction of sp³-hybridized carbons (Fsp3) is 0.222. The van der Waals surface area contributed by atoms with Crippen molar-refractivity contribution in [1.29, 1.82) is 0 Å². The van der Waals surface area contributed by atoms with Crippen LogP contribution in [0.5, 0.6) is 0 Å². The predicted octanol–water partition coefficient (Wildman–Crippen LogP) is 2.59. The summed E-state index contributed by atoms with van der Waals surface area (Å²) in [6.45, 7) is 0.280. The lowest BCUT2D eigenvalue weighted by atomic mass is 10.1. The van der Waals surface area contributed by atoms with Crippen molar-refractivity contribution in [3.63, 3.8) is 0 Å². The van der Waals surface area contributed by atoms with Crippen LogP contribution in [-0.2, 0) is 13.5 Å². The summed E-state index contributed by atoms with van der Waals surface area (Å²) in [6.07, 6.45) is 2.20. The van der Waals surface area contributed by atoms with E-state index in [0.717, 1.165) is 16.8 Å². The average Bonchev–Trinajstić information content (AvgIpc) is 3.22. The molecule has 0 saturated heterocycles. The highest BCUT2D eigenvalue weighted by Crippen LogP contribution is 2.25. The van der Waals surface area contributed by atoms with Gasteiger partial charge in [-0.25, -0.2) is 4.39 Å². The van der Waals surface area contributed by atoms with Crippen molar-refractivity contribution in [3.05, 3.63) is 64.2 Å². The van der Waals surface area contributed by atoms with Crippen molar-refractivity contribution in [2.24, 2.45) is 12.8 Å². The summed E-state index contributed by atoms with van der Waals surface area (Å²) >= 11 is 1.37. The highest BCUT2D eigenvalue weighted by Gasteiger charge is 2.16. The van der Waals surface area contributed by atoms with Crippen LogP contribution in [0, 0.1) is 5.82 Å². The molecule has 0 aliphatic rings. The minimum absolute atomic E-state index is 0.176. The van der Waals surface area contributed by atoms with Crippen LogP contribution in [0.15, 0.2) is 48.0 Å². The first-order valence-corrected chi connectivity index (χ1v) is 8.77. The van der Waals surface area contributed by atoms with Gasteiger partial charge in [0.2, 0.25) is 0 Å². The quantitative estimate of drug-likeness (QED) is 0.711. The lowest BCUT2D eigenvalue weighted by molar-refractivity contribution is 0.0942. The molecule has 3 N–H and O–H groups in total. The number of benzene rings is 1. The number of carbonyl (C=O) groups is 1. The fourth-order valence-corrected chi connectivity index (χ4v) is 3.45. The molecule has 2 heterocycles. The van der Waals surface area contributed by atoms with Crippen molar-refractivity contribution in [1.82, 2.24) is 15.1 Å². The molecule has 1 amide bonds. The Morgan fingerprint density at radius 3 is 2.92 bits per heavy atom. The topological polar surface area (TPSA) is 72.9 Å². The Labute approximate surface area is 149 Å². The Bertz CT molecular complexity index is 873. The van der Waals surface area contributed by atoms with E-state index in [1.165, 1.54) is 23.5 Å². The first-order valence-electron chi connectivity index (χ1n) is 7.89. The normalized spacial score (nSPS) is 12.1. The number of halogens is 1. The first kappa shape index (κ1) is 17.3. The Morgan fingerprint density at radius 1 is 1.40 bits per heavy atom. The standard InChI is InChI=1S/C18H19FN4OS/c1-23-16(5-6-21-23)13-9-17(25-11-13)18(24)22-15(10-20)8-12-3-2-4-14(19)7-12/h2-7,9,11,15H,8,10,20H2,1H3,(H,22,24)/t15-/m0/s1. The number of nitrogens with two attached hydrogens (primary N) is 1. The second-order valence-electron chi connectivity index (χ2n) is 5.78. The van der Waals surface area contributed by atoms with Gasteiger partial charge in [-0.1, -0.05) is 12.1 Å². The minimum Gasteiger partial charge on any atom is -0.347 e. The fourth-order valence-electron chi connectivity index (χ4n) is 2.64. The highest BCUT2D eigenvalue weighted by atomic mass is 32.1. The lowest BCUT2D eigenvalue weighted by Crippen LogP contribution is -2.41. The van der Waals surface area contributed by atoms with Crippen LogP contribution >= 0.6 is 11.3 Å². The van der Waals surface area contributed by atoms with Gasteiger partial charge in [-0.2, -0.15) is 5.10 Å². The smallest absolute Gasteiger partial charge is 0.261 e. The van der Waals surface area contributed by atoms with Gasteiger partial charge in [0.25, 0.3) is 5.91 Å². The van der Waals surface area contributed by atoms with Crippen molar-refractivity contribution in [2.45, 2.75) is 12.5 Å². The van der Waals surface area contributed by atoms with Gasteiger partial charge >= 0.3 is 0 Å². The lowest BCUT2D eigenvalue weighted by Gasteiger charge is -2.16. The number of nitrogens with one attached hydrogen (secondary N) is 1. The summed E-state index contributed by atoms with van der Waals surface area (Å²) in [4.78, 5) is 13.1. The molecular formula is C18H19FN4OS. The molecule has 0 spiro atoms. The van der Waals surface area contributed by atoms with Gasteiger partial charge < -0.3 is 11.1 Å². The van der Waals surface area contributed by atoms with Crippen molar-refractivity contribution in [2.75, 3.05) is 6.54 Å². The monoisotopic (exact) mass is 358 g/mol. The number of amides is 1. The molecule has 130 valence electrons. The molecule has 0 saturated carbocycles. The zero-order valence-electron chi connectivity index (χ0n) is 13.8. The van der Waals surface area contributed by atoms with E-state index in [4.69, 9.17) is 5.73 Å². The first-order chi connectivity index (χ1) is 12.1. The molecular weight excluding hydrogens is 339 g/mol. The van der Waals surface area contributed by atoms with Gasteiger partial charge in [-0.05, 0) is 36.2 Å². The Kier molecular flexibility index (Phi) is 5.25. The second-order valence-corrected chi connectivity index (χ2v) is 6.69. The summed E-state index contributed by atoms with van der Waals surface area (Å²) in [7, 11) is 1.86. The summed E-state index contributed by atoms with van der Waals surface area (Å²) < 4.78 is 15.1. The number of rotatable bonds is 6. The molecule has 3 aromatic rings. The number of hydrogen-bond acceptors (Lipinski definition) is 4. The third-order valence-corrected chi connectivity index (χ3v) is 4.86. The summed E-state index contributed by atoms with van der Waals surface area (Å²) in [5, 5.41) is 8.99.